The monoisotopic (exact) mass is 524 g/mol. The van der Waals surface area contributed by atoms with E-state index in [-0.39, 0.29) is 10.9 Å². The summed E-state index contributed by atoms with van der Waals surface area (Å²) in [5.41, 5.74) is 2.37. The summed E-state index contributed by atoms with van der Waals surface area (Å²) >= 11 is 6.33. The SMILES string of the molecule is CC[C@H](C)C1N=C(c2ccccc2)c2cc(Cl)ccc2N(CC(=O)NS(=O)(=O)c2ccccn2)C1=O. The Labute approximate surface area is 215 Å². The highest BCUT2D eigenvalue weighted by Gasteiger charge is 2.36. The molecule has 10 heteroatoms. The van der Waals surface area contributed by atoms with Crippen LogP contribution in [-0.2, 0) is 19.6 Å². The first kappa shape index (κ1) is 25.5. The van der Waals surface area contributed by atoms with E-state index >= 15 is 0 Å². The van der Waals surface area contributed by atoms with E-state index in [4.69, 9.17) is 16.6 Å². The minimum Gasteiger partial charge on any atom is -0.300 e. The summed E-state index contributed by atoms with van der Waals surface area (Å²) in [6, 6.07) is 18.0. The smallest absolute Gasteiger partial charge is 0.281 e. The van der Waals surface area contributed by atoms with Gasteiger partial charge in [-0.05, 0) is 36.2 Å². The zero-order valence-corrected chi connectivity index (χ0v) is 21.3. The molecule has 2 atom stereocenters. The van der Waals surface area contributed by atoms with Crippen molar-refractivity contribution in [2.24, 2.45) is 10.9 Å². The highest BCUT2D eigenvalue weighted by Crippen LogP contribution is 2.33. The molecule has 4 rings (SSSR count). The lowest BCUT2D eigenvalue weighted by Gasteiger charge is -2.26. The lowest BCUT2D eigenvalue weighted by atomic mass is 9.98. The quantitative estimate of drug-likeness (QED) is 0.505. The van der Waals surface area contributed by atoms with Crippen LogP contribution in [0, 0.1) is 5.92 Å². The van der Waals surface area contributed by atoms with Crippen molar-refractivity contribution in [3.63, 3.8) is 0 Å². The minimum absolute atomic E-state index is 0.135. The molecular formula is C26H25ClN4O4S. The molecule has 3 aromatic rings. The zero-order valence-electron chi connectivity index (χ0n) is 19.8. The Bertz CT molecular complexity index is 1410. The molecule has 0 saturated carbocycles. The van der Waals surface area contributed by atoms with E-state index in [1.54, 1.807) is 24.3 Å². The van der Waals surface area contributed by atoms with E-state index in [1.807, 2.05) is 48.9 Å². The first-order valence-corrected chi connectivity index (χ1v) is 13.3. The topological polar surface area (TPSA) is 109 Å². The molecule has 186 valence electrons. The largest absolute Gasteiger partial charge is 0.300 e. The molecule has 2 aromatic carbocycles. The number of carbonyl (C=O) groups is 2. The van der Waals surface area contributed by atoms with Gasteiger partial charge in [0.2, 0.25) is 0 Å². The first-order chi connectivity index (χ1) is 17.2. The predicted octanol–water partition coefficient (Wildman–Crippen LogP) is 3.84. The number of sulfonamides is 1. The summed E-state index contributed by atoms with van der Waals surface area (Å²) in [6.07, 6.45) is 1.99. The summed E-state index contributed by atoms with van der Waals surface area (Å²) in [5, 5.41) is 0.147. The molecule has 0 saturated heterocycles. The van der Waals surface area contributed by atoms with E-state index in [1.165, 1.54) is 23.2 Å². The predicted molar refractivity (Wildman–Crippen MR) is 139 cm³/mol. The molecule has 8 nitrogen and oxygen atoms in total. The fourth-order valence-corrected chi connectivity index (χ4v) is 5.04. The third kappa shape index (κ3) is 5.32. The molecule has 1 N–H and O–H groups in total. The van der Waals surface area contributed by atoms with Gasteiger partial charge in [0.1, 0.15) is 12.6 Å². The zero-order chi connectivity index (χ0) is 25.9. The van der Waals surface area contributed by atoms with E-state index in [9.17, 15) is 18.0 Å². The van der Waals surface area contributed by atoms with Gasteiger partial charge in [-0.15, -0.1) is 0 Å². The minimum atomic E-state index is -4.21. The van der Waals surface area contributed by atoms with Crippen LogP contribution in [0.3, 0.4) is 0 Å². The average Bonchev–Trinajstić information content (AvgIpc) is 2.99. The maximum absolute atomic E-state index is 13.8. The number of hydrogen-bond donors (Lipinski definition) is 1. The Morgan fingerprint density at radius 1 is 1.11 bits per heavy atom. The van der Waals surface area contributed by atoms with Gasteiger partial charge in [-0.1, -0.05) is 68.3 Å². The molecule has 1 aromatic heterocycles. The summed E-state index contributed by atoms with van der Waals surface area (Å²) in [5.74, 6) is -1.41. The second-order valence-electron chi connectivity index (χ2n) is 8.46. The molecule has 1 aliphatic heterocycles. The van der Waals surface area contributed by atoms with Crippen molar-refractivity contribution in [3.8, 4) is 0 Å². The van der Waals surface area contributed by atoms with Gasteiger partial charge < -0.3 is 4.90 Å². The maximum atomic E-state index is 13.8. The van der Waals surface area contributed by atoms with E-state index in [2.05, 4.69) is 4.98 Å². The summed E-state index contributed by atoms with van der Waals surface area (Å²) in [4.78, 5) is 36.7. The molecule has 1 unspecified atom stereocenters. The average molecular weight is 525 g/mol. The van der Waals surface area contributed by atoms with E-state index in [0.717, 1.165) is 5.56 Å². The fraction of sp³-hybridized carbons (Fsp3) is 0.231. The van der Waals surface area contributed by atoms with E-state index in [0.29, 0.717) is 28.4 Å². The number of carbonyl (C=O) groups excluding carboxylic acids is 2. The molecule has 36 heavy (non-hydrogen) atoms. The first-order valence-electron chi connectivity index (χ1n) is 11.4. The Kier molecular flexibility index (Phi) is 7.51. The third-order valence-electron chi connectivity index (χ3n) is 5.98. The lowest BCUT2D eigenvalue weighted by Crippen LogP contribution is -2.47. The highest BCUT2D eigenvalue weighted by atomic mass is 35.5. The number of nitrogens with zero attached hydrogens (tertiary/aromatic N) is 3. The van der Waals surface area contributed by atoms with E-state index < -0.39 is 34.4 Å². The van der Waals surface area contributed by atoms with Gasteiger partial charge in [-0.3, -0.25) is 14.6 Å². The van der Waals surface area contributed by atoms with Crippen LogP contribution in [0.15, 0.2) is 82.9 Å². The van der Waals surface area contributed by atoms with Gasteiger partial charge in [0.25, 0.3) is 21.8 Å². The summed E-state index contributed by atoms with van der Waals surface area (Å²) < 4.78 is 27.3. The molecule has 0 spiro atoms. The molecule has 2 amide bonds. The van der Waals surface area contributed by atoms with Gasteiger partial charge in [0, 0.05) is 22.3 Å². The van der Waals surface area contributed by atoms with Crippen LogP contribution in [0.25, 0.3) is 0 Å². The Morgan fingerprint density at radius 2 is 1.83 bits per heavy atom. The second-order valence-corrected chi connectivity index (χ2v) is 10.5. The molecule has 0 radical (unpaired) electrons. The van der Waals surface area contributed by atoms with Crippen LogP contribution < -0.4 is 9.62 Å². The second kappa shape index (κ2) is 10.6. The Morgan fingerprint density at radius 3 is 2.50 bits per heavy atom. The number of fused-ring (bicyclic) bond motifs is 1. The van der Waals surface area contributed by atoms with Crippen molar-refractivity contribution in [2.45, 2.75) is 31.3 Å². The number of aliphatic imine (C=N–C) groups is 1. The number of aromatic nitrogens is 1. The summed E-state index contributed by atoms with van der Waals surface area (Å²) in [7, 11) is -4.21. The van der Waals surface area contributed by atoms with Crippen LogP contribution in [0.1, 0.15) is 31.4 Å². The van der Waals surface area contributed by atoms with Crippen molar-refractivity contribution in [1.82, 2.24) is 9.71 Å². The van der Waals surface area contributed by atoms with Gasteiger partial charge in [0.05, 0.1) is 11.4 Å². The number of amides is 2. The Hall–Kier alpha value is -3.56. The van der Waals surface area contributed by atoms with Crippen LogP contribution in [-0.4, -0.2) is 43.5 Å². The standard InChI is InChI=1S/C26H25ClN4O4S/c1-3-17(2)24-26(33)31(16-22(32)30-36(34,35)23-11-7-8-14-28-23)21-13-12-19(27)15-20(21)25(29-24)18-9-5-4-6-10-18/h4-15,17,24H,3,16H2,1-2H3,(H,30,32)/t17-,24?/m0/s1. The van der Waals surface area contributed by atoms with Crippen LogP contribution in [0.4, 0.5) is 5.69 Å². The molecule has 0 fully saturated rings. The summed E-state index contributed by atoms with van der Waals surface area (Å²) in [6.45, 7) is 3.35. The van der Waals surface area contributed by atoms with Gasteiger partial charge in [-0.25, -0.2) is 9.71 Å². The molecule has 1 aliphatic rings. The maximum Gasteiger partial charge on any atom is 0.281 e. The fourth-order valence-electron chi connectivity index (χ4n) is 3.94. The molecule has 2 heterocycles. The van der Waals surface area contributed by atoms with Gasteiger partial charge in [0.15, 0.2) is 5.03 Å². The van der Waals surface area contributed by atoms with Crippen LogP contribution in [0.2, 0.25) is 5.02 Å². The molecule has 0 aliphatic carbocycles. The normalized spacial score (nSPS) is 16.5. The molecule has 0 bridgehead atoms. The Balaban J connectivity index is 1.77. The van der Waals surface area contributed by atoms with Crippen molar-refractivity contribution in [2.75, 3.05) is 11.4 Å². The number of halogens is 1. The number of benzene rings is 2. The number of nitrogens with one attached hydrogen (secondary N) is 1. The number of hydrogen-bond acceptors (Lipinski definition) is 6. The number of rotatable bonds is 7. The van der Waals surface area contributed by atoms with Gasteiger partial charge >= 0.3 is 0 Å². The number of anilines is 1. The highest BCUT2D eigenvalue weighted by molar-refractivity contribution is 7.90. The van der Waals surface area contributed by atoms with Gasteiger partial charge in [-0.2, -0.15) is 8.42 Å². The lowest BCUT2D eigenvalue weighted by molar-refractivity contribution is -0.124. The van der Waals surface area contributed by atoms with Crippen molar-refractivity contribution < 1.29 is 18.0 Å². The van der Waals surface area contributed by atoms with Crippen LogP contribution in [0.5, 0.6) is 0 Å². The third-order valence-corrected chi connectivity index (χ3v) is 7.51. The molecular weight excluding hydrogens is 500 g/mol. The van der Waals surface area contributed by atoms with Crippen molar-refractivity contribution in [1.29, 1.82) is 0 Å². The number of benzodiazepines with no additional fused rings is 1. The van der Waals surface area contributed by atoms with Crippen molar-refractivity contribution in [3.05, 3.63) is 89.1 Å². The number of pyridine rings is 1. The van der Waals surface area contributed by atoms with Crippen LogP contribution >= 0.6 is 11.6 Å². The van der Waals surface area contributed by atoms with Crippen molar-refractivity contribution >= 4 is 44.8 Å².